The van der Waals surface area contributed by atoms with Crippen LogP contribution in [0.3, 0.4) is 0 Å². The lowest BCUT2D eigenvalue weighted by atomic mass is 9.85. The maximum absolute atomic E-state index is 12.4. The topological polar surface area (TPSA) is 115 Å². The summed E-state index contributed by atoms with van der Waals surface area (Å²) in [4.78, 5) is 12.6. The van der Waals surface area contributed by atoms with E-state index in [0.29, 0.717) is 18.5 Å². The Balaban J connectivity index is 2.18. The summed E-state index contributed by atoms with van der Waals surface area (Å²) in [5.41, 5.74) is 5.43. The molecule has 0 spiro atoms. The van der Waals surface area contributed by atoms with Crippen molar-refractivity contribution in [3.8, 4) is 0 Å². The summed E-state index contributed by atoms with van der Waals surface area (Å²) in [6, 6.07) is 5.65. The number of rotatable bonds is 4. The molecule has 1 aliphatic rings. The molecule has 0 aliphatic heterocycles. The molecule has 1 aromatic rings. The van der Waals surface area contributed by atoms with Gasteiger partial charge in [0.1, 0.15) is 0 Å². The molecule has 1 saturated carbocycles. The number of carbonyl (C=O) groups is 1. The third-order valence-corrected chi connectivity index (χ3v) is 5.12. The summed E-state index contributed by atoms with van der Waals surface area (Å²) in [5, 5.41) is 7.76. The number of sulfonamides is 1. The monoisotopic (exact) mass is 327 g/mol. The first-order valence-corrected chi connectivity index (χ1v) is 8.45. The van der Waals surface area contributed by atoms with E-state index in [4.69, 9.17) is 23.1 Å². The zero-order valence-corrected chi connectivity index (χ0v) is 13.0. The van der Waals surface area contributed by atoms with Crippen LogP contribution in [0.5, 0.6) is 0 Å². The highest BCUT2D eigenvalue weighted by Crippen LogP contribution is 2.39. The van der Waals surface area contributed by atoms with Gasteiger partial charge in [0.2, 0.25) is 15.9 Å². The van der Waals surface area contributed by atoms with Gasteiger partial charge in [-0.25, -0.2) is 13.6 Å². The van der Waals surface area contributed by atoms with E-state index in [1.54, 1.807) is 0 Å². The number of hydrogen-bond donors (Lipinski definition) is 3. The summed E-state index contributed by atoms with van der Waals surface area (Å²) in [6.07, 6.45) is 3.11. The summed E-state index contributed by atoms with van der Waals surface area (Å²) in [6.45, 7) is 0. The normalized spacial score (nSPS) is 17.4. The fourth-order valence-corrected chi connectivity index (χ4v) is 3.35. The predicted octanol–water partition coefficient (Wildman–Crippen LogP) is 1.12. The third-order valence-electron chi connectivity index (χ3n) is 3.80. The van der Waals surface area contributed by atoms with Crippen LogP contribution in [0.4, 0.5) is 5.69 Å². The van der Waals surface area contributed by atoms with E-state index in [0.717, 1.165) is 12.8 Å². The van der Waals surface area contributed by atoms with Crippen LogP contribution in [-0.2, 0) is 14.8 Å². The Labute approximate surface area is 128 Å². The second kappa shape index (κ2) is 5.70. The maximum Gasteiger partial charge on any atom is 0.238 e. The van der Waals surface area contributed by atoms with Gasteiger partial charge in [-0.2, -0.15) is 0 Å². The molecular weight excluding hydrogens is 310 g/mol. The van der Waals surface area contributed by atoms with Crippen molar-refractivity contribution in [1.82, 2.24) is 0 Å². The average Bonchev–Trinajstić information content (AvgIpc) is 2.89. The van der Waals surface area contributed by atoms with Gasteiger partial charge in [0.25, 0.3) is 0 Å². The second-order valence-corrected chi connectivity index (χ2v) is 7.18. The Kier molecular flexibility index (Phi) is 4.31. The molecule has 2 rings (SSSR count). The first kappa shape index (κ1) is 15.9. The minimum Gasteiger partial charge on any atom is -0.392 e. The van der Waals surface area contributed by atoms with Crippen LogP contribution in [0.25, 0.3) is 0 Å². The van der Waals surface area contributed by atoms with Gasteiger partial charge in [0.05, 0.1) is 15.3 Å². The predicted molar refractivity (Wildman–Crippen MR) is 84.1 cm³/mol. The highest BCUT2D eigenvalue weighted by molar-refractivity contribution is 7.89. The van der Waals surface area contributed by atoms with Crippen LogP contribution < -0.4 is 16.2 Å². The first-order valence-electron chi connectivity index (χ1n) is 6.50. The molecule has 1 fully saturated rings. The van der Waals surface area contributed by atoms with E-state index >= 15 is 0 Å². The second-order valence-electron chi connectivity index (χ2n) is 5.18. The number of amides is 1. The Hall–Kier alpha value is -1.51. The summed E-state index contributed by atoms with van der Waals surface area (Å²) in [7, 11) is -3.74. The molecule has 0 radical (unpaired) electrons. The molecule has 21 heavy (non-hydrogen) atoms. The highest BCUT2D eigenvalue weighted by atomic mass is 32.2. The molecule has 5 N–H and O–H groups in total. The van der Waals surface area contributed by atoms with Crippen LogP contribution in [0.1, 0.15) is 25.7 Å². The quantitative estimate of drug-likeness (QED) is 0.717. The van der Waals surface area contributed by atoms with Gasteiger partial charge in [0, 0.05) is 5.69 Å². The Bertz CT molecular complexity index is 662. The van der Waals surface area contributed by atoms with Crippen molar-refractivity contribution in [3.63, 3.8) is 0 Å². The van der Waals surface area contributed by atoms with Crippen LogP contribution in [0, 0.1) is 5.41 Å². The minimum atomic E-state index is -3.74. The van der Waals surface area contributed by atoms with Gasteiger partial charge >= 0.3 is 0 Å². The van der Waals surface area contributed by atoms with Crippen molar-refractivity contribution in [2.45, 2.75) is 30.6 Å². The molecule has 0 bridgehead atoms. The average molecular weight is 327 g/mol. The first-order chi connectivity index (χ1) is 9.75. The molecule has 6 nitrogen and oxygen atoms in total. The Morgan fingerprint density at radius 2 is 1.71 bits per heavy atom. The molecule has 0 unspecified atom stereocenters. The largest absolute Gasteiger partial charge is 0.392 e. The fourth-order valence-electron chi connectivity index (χ4n) is 2.54. The van der Waals surface area contributed by atoms with Crippen molar-refractivity contribution >= 4 is 38.8 Å². The van der Waals surface area contributed by atoms with Gasteiger partial charge in [-0.05, 0) is 37.1 Å². The lowest BCUT2D eigenvalue weighted by molar-refractivity contribution is -0.122. The van der Waals surface area contributed by atoms with Gasteiger partial charge in [-0.15, -0.1) is 0 Å². The molecule has 114 valence electrons. The number of carbonyl (C=O) groups excluding carboxylic acids is 1. The lowest BCUT2D eigenvalue weighted by Gasteiger charge is -2.26. The van der Waals surface area contributed by atoms with Crippen molar-refractivity contribution in [2.24, 2.45) is 16.3 Å². The lowest BCUT2D eigenvalue weighted by Crippen LogP contribution is -2.43. The number of nitrogens with two attached hydrogens (primary N) is 2. The van der Waals surface area contributed by atoms with E-state index in [1.165, 1.54) is 24.3 Å². The summed E-state index contributed by atoms with van der Waals surface area (Å²) in [5.74, 6) is -0.240. The number of hydrogen-bond acceptors (Lipinski definition) is 4. The molecule has 0 aromatic heterocycles. The van der Waals surface area contributed by atoms with Gasteiger partial charge in [0.15, 0.2) is 0 Å². The van der Waals surface area contributed by atoms with Crippen molar-refractivity contribution in [2.75, 3.05) is 5.32 Å². The number of thiocarbonyl (C=S) groups is 1. The van der Waals surface area contributed by atoms with Crippen LogP contribution in [-0.4, -0.2) is 19.3 Å². The van der Waals surface area contributed by atoms with E-state index in [9.17, 15) is 13.2 Å². The summed E-state index contributed by atoms with van der Waals surface area (Å²) < 4.78 is 22.3. The molecule has 0 atom stereocenters. The molecule has 1 amide bonds. The molecule has 1 aliphatic carbocycles. The SMILES string of the molecule is NC(=S)C1(C(=O)Nc2ccc(S(N)(=O)=O)cc2)CCCC1. The van der Waals surface area contributed by atoms with Gasteiger partial charge in [-0.3, -0.25) is 4.79 Å². The Morgan fingerprint density at radius 1 is 1.19 bits per heavy atom. The molecule has 0 saturated heterocycles. The maximum atomic E-state index is 12.4. The number of primary sulfonamides is 1. The van der Waals surface area contributed by atoms with Gasteiger partial charge in [-0.1, -0.05) is 25.1 Å². The molecule has 8 heteroatoms. The standard InChI is InChI=1S/C13H17N3O3S2/c14-11(20)13(7-1-2-8-13)12(17)16-9-3-5-10(6-4-9)21(15,18)19/h3-6H,1-2,7-8H2,(H2,14,20)(H,16,17)(H2,15,18,19). The van der Waals surface area contributed by atoms with Crippen molar-refractivity contribution < 1.29 is 13.2 Å². The fraction of sp³-hybridized carbons (Fsp3) is 0.385. The Morgan fingerprint density at radius 3 is 2.14 bits per heavy atom. The molecule has 0 heterocycles. The minimum absolute atomic E-state index is 0.00887. The van der Waals surface area contributed by atoms with E-state index in [-0.39, 0.29) is 15.8 Å². The molecule has 1 aromatic carbocycles. The zero-order chi connectivity index (χ0) is 15.7. The van der Waals surface area contributed by atoms with Crippen LogP contribution >= 0.6 is 12.2 Å². The number of anilines is 1. The van der Waals surface area contributed by atoms with Crippen molar-refractivity contribution in [1.29, 1.82) is 0 Å². The third kappa shape index (κ3) is 3.22. The zero-order valence-electron chi connectivity index (χ0n) is 11.3. The van der Waals surface area contributed by atoms with E-state index in [2.05, 4.69) is 5.32 Å². The van der Waals surface area contributed by atoms with Crippen LogP contribution in [0.2, 0.25) is 0 Å². The molecular formula is C13H17N3O3S2. The van der Waals surface area contributed by atoms with E-state index in [1.807, 2.05) is 0 Å². The number of benzene rings is 1. The van der Waals surface area contributed by atoms with E-state index < -0.39 is 15.4 Å². The van der Waals surface area contributed by atoms with Crippen molar-refractivity contribution in [3.05, 3.63) is 24.3 Å². The van der Waals surface area contributed by atoms with Crippen LogP contribution in [0.15, 0.2) is 29.2 Å². The van der Waals surface area contributed by atoms with Gasteiger partial charge < -0.3 is 11.1 Å². The smallest absolute Gasteiger partial charge is 0.238 e. The number of nitrogens with one attached hydrogen (secondary N) is 1. The highest BCUT2D eigenvalue weighted by Gasteiger charge is 2.43. The summed E-state index contributed by atoms with van der Waals surface area (Å²) >= 11 is 5.05.